The van der Waals surface area contributed by atoms with E-state index in [-0.39, 0.29) is 55.4 Å². The minimum atomic E-state index is -3.59. The van der Waals surface area contributed by atoms with Crippen molar-refractivity contribution in [2.24, 2.45) is 0 Å². The van der Waals surface area contributed by atoms with E-state index in [1.54, 1.807) is 50.2 Å². The van der Waals surface area contributed by atoms with Crippen LogP contribution in [-0.2, 0) is 19.5 Å². The van der Waals surface area contributed by atoms with Crippen molar-refractivity contribution in [2.45, 2.75) is 37.0 Å². The molecule has 1 amide bonds. The van der Waals surface area contributed by atoms with E-state index in [9.17, 15) is 13.2 Å². The van der Waals surface area contributed by atoms with Gasteiger partial charge in [-0.3, -0.25) is 4.79 Å². The first-order valence-corrected chi connectivity index (χ1v) is 10.9. The SMILES string of the molecule is Cc1cc(C(=O)NC2CO[C@H]3CN(S(=O)(=O)c4ccccc4)C[C@@H]3OC2)c(C)o1. The fourth-order valence-corrected chi connectivity index (χ4v) is 5.18. The second-order valence-electron chi connectivity index (χ2n) is 7.38. The predicted octanol–water partition coefficient (Wildman–Crippen LogP) is 1.48. The first-order chi connectivity index (χ1) is 13.8. The van der Waals surface area contributed by atoms with Gasteiger partial charge in [0.2, 0.25) is 10.0 Å². The number of carbonyl (C=O) groups is 1. The minimum Gasteiger partial charge on any atom is -0.466 e. The summed E-state index contributed by atoms with van der Waals surface area (Å²) >= 11 is 0. The average Bonchev–Trinajstić information content (AvgIpc) is 3.22. The second kappa shape index (κ2) is 7.91. The predicted molar refractivity (Wildman–Crippen MR) is 104 cm³/mol. The van der Waals surface area contributed by atoms with Gasteiger partial charge in [-0.15, -0.1) is 0 Å². The van der Waals surface area contributed by atoms with Crippen LogP contribution in [0.4, 0.5) is 0 Å². The van der Waals surface area contributed by atoms with Gasteiger partial charge >= 0.3 is 0 Å². The normalized spacial score (nSPS) is 23.5. The molecule has 9 heteroatoms. The molecule has 0 aliphatic carbocycles. The largest absolute Gasteiger partial charge is 0.466 e. The average molecular weight is 420 g/mol. The fraction of sp³-hybridized carbons (Fsp3) is 0.450. The van der Waals surface area contributed by atoms with Crippen LogP contribution in [0.25, 0.3) is 0 Å². The van der Waals surface area contributed by atoms with Crippen LogP contribution < -0.4 is 5.32 Å². The standard InChI is InChI=1S/C20H24N2O6S/c1-13-8-17(14(2)28-13)20(23)21-15-11-26-18-9-22(10-19(18)27-12-15)29(24,25)16-6-4-3-5-7-16/h3-8,15,18-19H,9-12H2,1-2H3,(H,21,23)/t18-,19-/m0/s1. The molecular weight excluding hydrogens is 396 g/mol. The van der Waals surface area contributed by atoms with Gasteiger partial charge in [0.1, 0.15) is 11.5 Å². The number of benzene rings is 1. The van der Waals surface area contributed by atoms with Gasteiger partial charge in [0, 0.05) is 13.1 Å². The summed E-state index contributed by atoms with van der Waals surface area (Å²) in [6.07, 6.45) is -0.735. The lowest BCUT2D eigenvalue weighted by molar-refractivity contribution is -0.00461. The van der Waals surface area contributed by atoms with Crippen molar-refractivity contribution in [1.29, 1.82) is 0 Å². The number of hydrogen-bond donors (Lipinski definition) is 1. The smallest absolute Gasteiger partial charge is 0.255 e. The molecule has 1 aromatic heterocycles. The van der Waals surface area contributed by atoms with Gasteiger partial charge in [-0.25, -0.2) is 8.42 Å². The molecule has 0 bridgehead atoms. The monoisotopic (exact) mass is 420 g/mol. The summed E-state index contributed by atoms with van der Waals surface area (Å²) in [4.78, 5) is 12.7. The van der Waals surface area contributed by atoms with Crippen molar-refractivity contribution in [1.82, 2.24) is 9.62 Å². The van der Waals surface area contributed by atoms with Crippen LogP contribution in [0.2, 0.25) is 0 Å². The molecule has 0 unspecified atom stereocenters. The highest BCUT2D eigenvalue weighted by molar-refractivity contribution is 7.89. The van der Waals surface area contributed by atoms with Gasteiger partial charge < -0.3 is 19.2 Å². The van der Waals surface area contributed by atoms with Crippen LogP contribution in [0, 0.1) is 13.8 Å². The lowest BCUT2D eigenvalue weighted by Crippen LogP contribution is -2.41. The van der Waals surface area contributed by atoms with E-state index in [1.807, 2.05) is 0 Å². The highest BCUT2D eigenvalue weighted by Gasteiger charge is 2.42. The lowest BCUT2D eigenvalue weighted by atomic mass is 10.2. The number of aryl methyl sites for hydroxylation is 2. The maximum absolute atomic E-state index is 12.8. The zero-order valence-electron chi connectivity index (χ0n) is 16.3. The van der Waals surface area contributed by atoms with Crippen LogP contribution in [0.5, 0.6) is 0 Å². The Bertz CT molecular complexity index is 972. The molecule has 4 rings (SSSR count). The first-order valence-electron chi connectivity index (χ1n) is 9.51. The third-order valence-electron chi connectivity index (χ3n) is 5.21. The summed E-state index contributed by atoms with van der Waals surface area (Å²) in [6, 6.07) is 9.72. The Balaban J connectivity index is 1.37. The molecule has 2 aliphatic rings. The van der Waals surface area contributed by atoms with Crippen LogP contribution in [0.15, 0.2) is 45.7 Å². The highest BCUT2D eigenvalue weighted by Crippen LogP contribution is 2.26. The summed E-state index contributed by atoms with van der Waals surface area (Å²) in [5.41, 5.74) is 0.493. The Morgan fingerprint density at radius 2 is 1.69 bits per heavy atom. The molecule has 0 saturated carbocycles. The van der Waals surface area contributed by atoms with Gasteiger partial charge in [0.25, 0.3) is 5.91 Å². The topological polar surface area (TPSA) is 98.1 Å². The molecule has 0 radical (unpaired) electrons. The number of nitrogens with one attached hydrogen (secondary N) is 1. The van der Waals surface area contributed by atoms with Crippen LogP contribution in [-0.4, -0.2) is 63.2 Å². The number of ether oxygens (including phenoxy) is 2. The molecule has 156 valence electrons. The number of rotatable bonds is 4. The van der Waals surface area contributed by atoms with Gasteiger partial charge in [-0.1, -0.05) is 18.2 Å². The minimum absolute atomic E-state index is 0.225. The van der Waals surface area contributed by atoms with E-state index >= 15 is 0 Å². The summed E-state index contributed by atoms with van der Waals surface area (Å²) in [5, 5.41) is 2.91. The number of sulfonamides is 1. The number of amides is 1. The van der Waals surface area contributed by atoms with Crippen molar-refractivity contribution in [3.63, 3.8) is 0 Å². The zero-order valence-corrected chi connectivity index (χ0v) is 17.1. The quantitative estimate of drug-likeness (QED) is 0.805. The molecule has 2 aliphatic heterocycles. The Kier molecular flexibility index (Phi) is 5.48. The van der Waals surface area contributed by atoms with Crippen molar-refractivity contribution < 1.29 is 27.1 Å². The Morgan fingerprint density at radius 1 is 1.07 bits per heavy atom. The van der Waals surface area contributed by atoms with Crippen molar-refractivity contribution in [3.8, 4) is 0 Å². The molecule has 3 heterocycles. The third kappa shape index (κ3) is 4.09. The van der Waals surface area contributed by atoms with E-state index in [2.05, 4.69) is 5.32 Å². The number of fused-ring (bicyclic) bond motifs is 1. The third-order valence-corrected chi connectivity index (χ3v) is 7.05. The van der Waals surface area contributed by atoms with Crippen molar-refractivity contribution in [3.05, 3.63) is 53.5 Å². The van der Waals surface area contributed by atoms with E-state index in [4.69, 9.17) is 13.9 Å². The Hall–Kier alpha value is -2.20. The summed E-state index contributed by atoms with van der Waals surface area (Å²) in [7, 11) is -3.59. The number of carbonyl (C=O) groups excluding carboxylic acids is 1. The molecule has 0 spiro atoms. The van der Waals surface area contributed by atoms with Gasteiger partial charge in [-0.2, -0.15) is 4.31 Å². The maximum atomic E-state index is 12.8. The highest BCUT2D eigenvalue weighted by atomic mass is 32.2. The molecular formula is C20H24N2O6S. The molecule has 29 heavy (non-hydrogen) atoms. The van der Waals surface area contributed by atoms with Gasteiger partial charge in [-0.05, 0) is 32.0 Å². The molecule has 1 aromatic carbocycles. The zero-order chi connectivity index (χ0) is 20.6. The Morgan fingerprint density at radius 3 is 2.24 bits per heavy atom. The lowest BCUT2D eigenvalue weighted by Gasteiger charge is -2.19. The van der Waals surface area contributed by atoms with E-state index in [0.717, 1.165) is 0 Å². The summed E-state index contributed by atoms with van der Waals surface area (Å²) in [5.74, 6) is 1.00. The number of furan rings is 1. The molecule has 2 fully saturated rings. The van der Waals surface area contributed by atoms with Crippen molar-refractivity contribution >= 4 is 15.9 Å². The molecule has 1 N–H and O–H groups in total. The summed E-state index contributed by atoms with van der Waals surface area (Å²) in [6.45, 7) is 4.49. The first kappa shape index (κ1) is 20.1. The maximum Gasteiger partial charge on any atom is 0.255 e. The Labute approximate surface area is 169 Å². The number of hydrogen-bond acceptors (Lipinski definition) is 6. The number of nitrogens with zero attached hydrogens (tertiary/aromatic N) is 1. The molecule has 2 saturated heterocycles. The molecule has 2 atom stereocenters. The van der Waals surface area contributed by atoms with E-state index in [1.165, 1.54) is 4.31 Å². The van der Waals surface area contributed by atoms with E-state index in [0.29, 0.717) is 17.1 Å². The van der Waals surface area contributed by atoms with Crippen LogP contribution in [0.1, 0.15) is 21.9 Å². The van der Waals surface area contributed by atoms with Crippen LogP contribution in [0.3, 0.4) is 0 Å². The van der Waals surface area contributed by atoms with Gasteiger partial charge in [0.05, 0.1) is 41.9 Å². The molecule has 8 nitrogen and oxygen atoms in total. The second-order valence-corrected chi connectivity index (χ2v) is 9.31. The van der Waals surface area contributed by atoms with E-state index < -0.39 is 10.0 Å². The summed E-state index contributed by atoms with van der Waals surface area (Å²) < 4.78 is 44.2. The molecule has 2 aromatic rings. The van der Waals surface area contributed by atoms with Crippen molar-refractivity contribution in [2.75, 3.05) is 26.3 Å². The van der Waals surface area contributed by atoms with Gasteiger partial charge in [0.15, 0.2) is 0 Å². The van der Waals surface area contributed by atoms with Crippen LogP contribution >= 0.6 is 0 Å². The fourth-order valence-electron chi connectivity index (χ4n) is 3.70.